The SMILES string of the molecule is Cl.Clc1ccc2c(c1)CNCc1nnc([C@H]3CC[C@H](OC4CCCC4)CC3)n1-2. The molecule has 0 unspecified atom stereocenters. The van der Waals surface area contributed by atoms with E-state index in [2.05, 4.69) is 32.2 Å². The van der Waals surface area contributed by atoms with Crippen molar-refractivity contribution in [3.63, 3.8) is 0 Å². The Morgan fingerprint density at radius 1 is 0.964 bits per heavy atom. The van der Waals surface area contributed by atoms with Gasteiger partial charge in [-0.2, -0.15) is 0 Å². The predicted molar refractivity (Wildman–Crippen MR) is 112 cm³/mol. The Morgan fingerprint density at radius 3 is 2.50 bits per heavy atom. The molecule has 3 aliphatic rings. The molecular formula is C21H28Cl2N4O. The maximum Gasteiger partial charge on any atom is 0.151 e. The number of rotatable bonds is 3. The third-order valence-corrected chi connectivity index (χ3v) is 6.60. The van der Waals surface area contributed by atoms with Crippen molar-refractivity contribution in [1.82, 2.24) is 20.1 Å². The number of benzene rings is 1. The zero-order valence-corrected chi connectivity index (χ0v) is 17.6. The zero-order valence-electron chi connectivity index (χ0n) is 16.1. The molecular weight excluding hydrogens is 395 g/mol. The van der Waals surface area contributed by atoms with Crippen molar-refractivity contribution in [1.29, 1.82) is 0 Å². The second kappa shape index (κ2) is 8.70. The van der Waals surface area contributed by atoms with Crippen LogP contribution in [0.25, 0.3) is 5.69 Å². The lowest BCUT2D eigenvalue weighted by Crippen LogP contribution is -2.26. The molecule has 2 aromatic rings. The summed E-state index contributed by atoms with van der Waals surface area (Å²) in [4.78, 5) is 0. The highest BCUT2D eigenvalue weighted by atomic mass is 35.5. The molecule has 5 rings (SSSR count). The third-order valence-electron chi connectivity index (χ3n) is 6.36. The number of ether oxygens (including phenoxy) is 1. The highest BCUT2D eigenvalue weighted by Crippen LogP contribution is 2.37. The summed E-state index contributed by atoms with van der Waals surface area (Å²) in [5, 5.41) is 13.3. The van der Waals surface area contributed by atoms with Gasteiger partial charge in [0.1, 0.15) is 5.82 Å². The van der Waals surface area contributed by atoms with E-state index in [1.165, 1.54) is 36.9 Å². The molecule has 1 aliphatic heterocycles. The van der Waals surface area contributed by atoms with Crippen LogP contribution in [0.2, 0.25) is 5.02 Å². The molecule has 1 aromatic heterocycles. The molecule has 2 fully saturated rings. The first-order valence-corrected chi connectivity index (χ1v) is 10.7. The monoisotopic (exact) mass is 422 g/mol. The molecule has 7 heteroatoms. The molecule has 2 heterocycles. The fourth-order valence-electron chi connectivity index (χ4n) is 4.95. The van der Waals surface area contributed by atoms with Gasteiger partial charge in [-0.05, 0) is 62.3 Å². The molecule has 0 bridgehead atoms. The Labute approximate surface area is 177 Å². The van der Waals surface area contributed by atoms with Crippen LogP contribution in [0.1, 0.15) is 74.5 Å². The highest BCUT2D eigenvalue weighted by molar-refractivity contribution is 6.30. The molecule has 0 spiro atoms. The molecule has 5 nitrogen and oxygen atoms in total. The van der Waals surface area contributed by atoms with Gasteiger partial charge in [-0.25, -0.2) is 0 Å². The summed E-state index contributed by atoms with van der Waals surface area (Å²) >= 11 is 6.22. The number of nitrogens with one attached hydrogen (secondary N) is 1. The predicted octanol–water partition coefficient (Wildman–Crippen LogP) is 4.93. The van der Waals surface area contributed by atoms with Gasteiger partial charge in [0.15, 0.2) is 5.82 Å². The smallest absolute Gasteiger partial charge is 0.151 e. The Balaban J connectivity index is 0.00000192. The molecule has 2 aliphatic carbocycles. The lowest BCUT2D eigenvalue weighted by molar-refractivity contribution is -0.0288. The van der Waals surface area contributed by atoms with E-state index in [4.69, 9.17) is 16.3 Å². The van der Waals surface area contributed by atoms with Crippen LogP contribution >= 0.6 is 24.0 Å². The largest absolute Gasteiger partial charge is 0.375 e. The van der Waals surface area contributed by atoms with E-state index in [0.29, 0.717) is 18.1 Å². The van der Waals surface area contributed by atoms with Crippen molar-refractivity contribution in [2.45, 2.75) is 82.6 Å². The van der Waals surface area contributed by atoms with Gasteiger partial charge in [-0.15, -0.1) is 22.6 Å². The van der Waals surface area contributed by atoms with Crippen molar-refractivity contribution in [2.75, 3.05) is 0 Å². The van der Waals surface area contributed by atoms with Gasteiger partial charge in [-0.1, -0.05) is 24.4 Å². The summed E-state index contributed by atoms with van der Waals surface area (Å²) in [6.07, 6.45) is 10.7. The number of nitrogens with zero attached hydrogens (tertiary/aromatic N) is 3. The van der Waals surface area contributed by atoms with Gasteiger partial charge < -0.3 is 10.1 Å². The maximum atomic E-state index is 6.35. The number of halogens is 2. The van der Waals surface area contributed by atoms with Gasteiger partial charge in [0.05, 0.1) is 24.4 Å². The molecule has 2 saturated carbocycles. The van der Waals surface area contributed by atoms with Gasteiger partial charge in [0.2, 0.25) is 0 Å². The molecule has 28 heavy (non-hydrogen) atoms. The first-order chi connectivity index (χ1) is 13.3. The van der Waals surface area contributed by atoms with Gasteiger partial charge in [0.25, 0.3) is 0 Å². The second-order valence-corrected chi connectivity index (χ2v) is 8.64. The Morgan fingerprint density at radius 2 is 1.71 bits per heavy atom. The normalized spacial score (nSPS) is 24.9. The van der Waals surface area contributed by atoms with Crippen molar-refractivity contribution in [3.8, 4) is 5.69 Å². The molecule has 1 aromatic carbocycles. The minimum atomic E-state index is 0. The van der Waals surface area contributed by atoms with Crippen molar-refractivity contribution >= 4 is 24.0 Å². The zero-order chi connectivity index (χ0) is 18.2. The molecule has 0 amide bonds. The highest BCUT2D eigenvalue weighted by Gasteiger charge is 2.31. The summed E-state index contributed by atoms with van der Waals surface area (Å²) in [5.74, 6) is 2.56. The van der Waals surface area contributed by atoms with E-state index in [1.54, 1.807) is 0 Å². The molecule has 0 atom stereocenters. The Kier molecular flexibility index (Phi) is 6.26. The molecule has 152 valence electrons. The summed E-state index contributed by atoms with van der Waals surface area (Å²) < 4.78 is 8.62. The van der Waals surface area contributed by atoms with Crippen LogP contribution in [0.15, 0.2) is 18.2 Å². The van der Waals surface area contributed by atoms with Crippen molar-refractivity contribution in [2.24, 2.45) is 0 Å². The average molecular weight is 423 g/mol. The quantitative estimate of drug-likeness (QED) is 0.761. The first kappa shape index (κ1) is 20.1. The topological polar surface area (TPSA) is 52.0 Å². The van der Waals surface area contributed by atoms with E-state index >= 15 is 0 Å². The van der Waals surface area contributed by atoms with Crippen LogP contribution in [-0.4, -0.2) is 27.0 Å². The fourth-order valence-corrected chi connectivity index (χ4v) is 5.14. The van der Waals surface area contributed by atoms with Gasteiger partial charge in [-0.3, -0.25) is 4.57 Å². The van der Waals surface area contributed by atoms with E-state index in [9.17, 15) is 0 Å². The van der Waals surface area contributed by atoms with Crippen LogP contribution in [-0.2, 0) is 17.8 Å². The van der Waals surface area contributed by atoms with Crippen LogP contribution in [0, 0.1) is 0 Å². The Bertz CT molecular complexity index is 811. The summed E-state index contributed by atoms with van der Waals surface area (Å²) in [6, 6.07) is 6.12. The van der Waals surface area contributed by atoms with Crippen molar-refractivity contribution in [3.05, 3.63) is 40.4 Å². The van der Waals surface area contributed by atoms with E-state index < -0.39 is 0 Å². The second-order valence-electron chi connectivity index (χ2n) is 8.20. The van der Waals surface area contributed by atoms with Crippen molar-refractivity contribution < 1.29 is 4.74 Å². The third kappa shape index (κ3) is 3.95. The standard InChI is InChI=1S/C21H27ClN4O.ClH/c22-16-7-10-19-15(11-16)12-23-13-20-24-25-21(26(19)20)14-5-8-18(9-6-14)27-17-3-1-2-4-17;/h7,10-11,14,17-18,23H,1-6,8-9,12-13H2;1H/t14-,18-;. The first-order valence-electron chi connectivity index (χ1n) is 10.4. The summed E-state index contributed by atoms with van der Waals surface area (Å²) in [6.45, 7) is 1.54. The average Bonchev–Trinajstić information content (AvgIpc) is 3.30. The van der Waals surface area contributed by atoms with Crippen LogP contribution in [0.3, 0.4) is 0 Å². The van der Waals surface area contributed by atoms with Crippen LogP contribution in [0.4, 0.5) is 0 Å². The minimum absolute atomic E-state index is 0. The van der Waals surface area contributed by atoms with E-state index in [-0.39, 0.29) is 12.4 Å². The van der Waals surface area contributed by atoms with E-state index in [1.807, 2.05) is 6.07 Å². The number of hydrogen-bond acceptors (Lipinski definition) is 4. The number of aromatic nitrogens is 3. The molecule has 1 N–H and O–H groups in total. The maximum absolute atomic E-state index is 6.35. The fraction of sp³-hybridized carbons (Fsp3) is 0.619. The number of fused-ring (bicyclic) bond motifs is 3. The van der Waals surface area contributed by atoms with Gasteiger partial charge >= 0.3 is 0 Å². The molecule has 0 saturated heterocycles. The summed E-state index contributed by atoms with van der Waals surface area (Å²) in [5.41, 5.74) is 2.38. The van der Waals surface area contributed by atoms with Crippen LogP contribution < -0.4 is 5.32 Å². The Hall–Kier alpha value is -1.14. The lowest BCUT2D eigenvalue weighted by Gasteiger charge is -2.30. The minimum Gasteiger partial charge on any atom is -0.375 e. The molecule has 0 radical (unpaired) electrons. The summed E-state index contributed by atoms with van der Waals surface area (Å²) in [7, 11) is 0. The van der Waals surface area contributed by atoms with Crippen LogP contribution in [0.5, 0.6) is 0 Å². The van der Waals surface area contributed by atoms with Gasteiger partial charge in [0, 0.05) is 17.5 Å². The number of hydrogen-bond donors (Lipinski definition) is 1. The lowest BCUT2D eigenvalue weighted by atomic mass is 9.86. The van der Waals surface area contributed by atoms with E-state index in [0.717, 1.165) is 55.4 Å².